The van der Waals surface area contributed by atoms with Gasteiger partial charge >= 0.3 is 0 Å². The largest absolute Gasteiger partial charge is 0.284 e. The van der Waals surface area contributed by atoms with Gasteiger partial charge in [0.1, 0.15) is 0 Å². The van der Waals surface area contributed by atoms with Gasteiger partial charge < -0.3 is 0 Å². The minimum Gasteiger partial charge on any atom is -0.284 e. The van der Waals surface area contributed by atoms with Crippen molar-refractivity contribution < 1.29 is 8.42 Å². The summed E-state index contributed by atoms with van der Waals surface area (Å²) in [5.74, 6) is 0. The van der Waals surface area contributed by atoms with Crippen molar-refractivity contribution in [3.05, 3.63) is 111 Å². The van der Waals surface area contributed by atoms with Crippen molar-refractivity contribution in [2.75, 3.05) is 19.3 Å². The van der Waals surface area contributed by atoms with Gasteiger partial charge in [-0.3, -0.25) is 4.90 Å². The van der Waals surface area contributed by atoms with Gasteiger partial charge in [-0.2, -0.15) is 0 Å². The smallest absolute Gasteiger partial charge is 0.176 e. The Hall–Kier alpha value is -2.11. The number of nitrogens with zero attached hydrogens (tertiary/aromatic N) is 1. The van der Waals surface area contributed by atoms with E-state index in [-0.39, 0.29) is 10.9 Å². The summed E-state index contributed by atoms with van der Waals surface area (Å²) in [6.07, 6.45) is 1.22. The molecule has 0 aliphatic carbocycles. The lowest BCUT2D eigenvalue weighted by atomic mass is 9.92. The van der Waals surface area contributed by atoms with E-state index in [1.54, 1.807) is 18.2 Å². The van der Waals surface area contributed by atoms with Gasteiger partial charge in [0.15, 0.2) is 9.84 Å². The minimum absolute atomic E-state index is 0.0480. The predicted octanol–water partition coefficient (Wildman–Crippen LogP) is 5.85. The maximum absolute atomic E-state index is 12.7. The second-order valence-corrected chi connectivity index (χ2v) is 10.3. The Bertz CT molecular complexity index is 1140. The Kier molecular flexibility index (Phi) is 6.03. The second kappa shape index (κ2) is 8.56. The molecule has 0 spiro atoms. The highest BCUT2D eigenvalue weighted by molar-refractivity contribution is 8.00. The van der Waals surface area contributed by atoms with E-state index in [1.165, 1.54) is 17.4 Å². The first-order chi connectivity index (χ1) is 14.3. The highest BCUT2D eigenvalue weighted by Crippen LogP contribution is 2.40. The van der Waals surface area contributed by atoms with Gasteiger partial charge in [-0.1, -0.05) is 83.9 Å². The summed E-state index contributed by atoms with van der Waals surface area (Å²) in [7, 11) is -3.49. The maximum Gasteiger partial charge on any atom is 0.176 e. The fourth-order valence-corrected chi connectivity index (χ4v) is 5.64. The molecule has 3 nitrogen and oxygen atoms in total. The molecule has 4 rings (SSSR count). The van der Waals surface area contributed by atoms with E-state index in [2.05, 4.69) is 29.2 Å². The van der Waals surface area contributed by atoms with Crippen molar-refractivity contribution >= 4 is 37.9 Å². The van der Waals surface area contributed by atoms with Crippen LogP contribution in [-0.2, 0) is 9.84 Å². The summed E-state index contributed by atoms with van der Waals surface area (Å²) >= 11 is 12.5. The third kappa shape index (κ3) is 4.33. The number of likely N-dealkylation sites (tertiary alicyclic amines) is 1. The van der Waals surface area contributed by atoms with Crippen LogP contribution in [-0.4, -0.2) is 32.7 Å². The minimum atomic E-state index is -3.49. The highest BCUT2D eigenvalue weighted by Gasteiger charge is 2.35. The van der Waals surface area contributed by atoms with E-state index in [0.29, 0.717) is 28.7 Å². The van der Waals surface area contributed by atoms with Crippen molar-refractivity contribution in [3.63, 3.8) is 0 Å². The Morgan fingerprint density at radius 1 is 0.867 bits per heavy atom. The number of hydrogen-bond acceptors (Lipinski definition) is 3. The summed E-state index contributed by atoms with van der Waals surface area (Å²) in [5, 5.41) is 0.840. The molecule has 0 aromatic heterocycles. The van der Waals surface area contributed by atoms with Crippen molar-refractivity contribution in [2.45, 2.75) is 6.04 Å². The molecule has 0 radical (unpaired) electrons. The van der Waals surface area contributed by atoms with Crippen molar-refractivity contribution in [1.29, 1.82) is 0 Å². The van der Waals surface area contributed by atoms with Crippen LogP contribution in [0.4, 0.5) is 0 Å². The van der Waals surface area contributed by atoms with E-state index in [1.807, 2.05) is 36.4 Å². The summed E-state index contributed by atoms with van der Waals surface area (Å²) < 4.78 is 25.3. The van der Waals surface area contributed by atoms with Crippen LogP contribution in [0.5, 0.6) is 0 Å². The molecule has 1 saturated heterocycles. The predicted molar refractivity (Wildman–Crippen MR) is 125 cm³/mol. The molecular weight excluding hydrogens is 437 g/mol. The topological polar surface area (TPSA) is 37.4 Å². The SMILES string of the molecule is CS(=O)(=O)C(=C1CN(C(c2ccccc2)c2ccccc2)C1)c1cc(Cl)ccc1Cl. The van der Waals surface area contributed by atoms with Crippen molar-refractivity contribution in [3.8, 4) is 0 Å². The highest BCUT2D eigenvalue weighted by atomic mass is 35.5. The number of rotatable bonds is 5. The average molecular weight is 458 g/mol. The monoisotopic (exact) mass is 457 g/mol. The second-order valence-electron chi connectivity index (χ2n) is 7.46. The molecule has 1 heterocycles. The molecule has 3 aromatic rings. The van der Waals surface area contributed by atoms with Crippen LogP contribution >= 0.6 is 23.2 Å². The molecule has 1 fully saturated rings. The molecular formula is C24H21Cl2NO2S. The zero-order valence-corrected chi connectivity index (χ0v) is 18.8. The lowest BCUT2D eigenvalue weighted by molar-refractivity contribution is 0.203. The van der Waals surface area contributed by atoms with Crippen LogP contribution < -0.4 is 0 Å². The summed E-state index contributed by atoms with van der Waals surface area (Å²) in [4.78, 5) is 2.55. The first-order valence-corrected chi connectivity index (χ1v) is 12.2. The van der Waals surface area contributed by atoms with E-state index < -0.39 is 9.84 Å². The first kappa shape index (κ1) is 21.1. The van der Waals surface area contributed by atoms with E-state index in [4.69, 9.17) is 23.2 Å². The van der Waals surface area contributed by atoms with Gasteiger partial charge in [0, 0.05) is 35.0 Å². The Balaban J connectivity index is 1.74. The number of hydrogen-bond donors (Lipinski definition) is 0. The van der Waals surface area contributed by atoms with E-state index in [9.17, 15) is 8.42 Å². The van der Waals surface area contributed by atoms with Crippen LogP contribution in [0.15, 0.2) is 84.4 Å². The Morgan fingerprint density at radius 3 is 1.90 bits per heavy atom. The third-order valence-electron chi connectivity index (χ3n) is 5.25. The Labute approximate surface area is 187 Å². The number of halogens is 2. The normalized spacial score (nSPS) is 14.6. The molecule has 0 unspecified atom stereocenters. The molecule has 0 atom stereocenters. The fourth-order valence-electron chi connectivity index (χ4n) is 3.98. The van der Waals surface area contributed by atoms with Gasteiger partial charge in [0.2, 0.25) is 0 Å². The molecule has 154 valence electrons. The lowest BCUT2D eigenvalue weighted by Crippen LogP contribution is -2.44. The fraction of sp³-hybridized carbons (Fsp3) is 0.167. The summed E-state index contributed by atoms with van der Waals surface area (Å²) in [5.41, 5.74) is 3.66. The van der Waals surface area contributed by atoms with Gasteiger partial charge in [0.25, 0.3) is 0 Å². The van der Waals surface area contributed by atoms with Gasteiger partial charge in [-0.05, 0) is 34.9 Å². The van der Waals surface area contributed by atoms with E-state index in [0.717, 1.165) is 5.57 Å². The number of sulfone groups is 1. The van der Waals surface area contributed by atoms with Gasteiger partial charge in [-0.25, -0.2) is 8.42 Å². The van der Waals surface area contributed by atoms with Crippen molar-refractivity contribution in [2.24, 2.45) is 0 Å². The Morgan fingerprint density at radius 2 is 1.40 bits per heavy atom. The molecule has 3 aromatic carbocycles. The quantitative estimate of drug-likeness (QED) is 0.481. The van der Waals surface area contributed by atoms with Crippen LogP contribution in [0.3, 0.4) is 0 Å². The van der Waals surface area contributed by atoms with Crippen LogP contribution in [0.2, 0.25) is 10.0 Å². The molecule has 0 bridgehead atoms. The zero-order chi connectivity index (χ0) is 21.3. The van der Waals surface area contributed by atoms with Crippen LogP contribution in [0.25, 0.3) is 4.91 Å². The zero-order valence-electron chi connectivity index (χ0n) is 16.4. The van der Waals surface area contributed by atoms with Gasteiger partial charge in [0.05, 0.1) is 10.9 Å². The summed E-state index contributed by atoms with van der Waals surface area (Å²) in [6, 6.07) is 25.5. The van der Waals surface area contributed by atoms with Crippen molar-refractivity contribution in [1.82, 2.24) is 4.90 Å². The third-order valence-corrected chi connectivity index (χ3v) is 7.06. The standard InChI is InChI=1S/C24H21Cl2NO2S/c1-30(28,29)24(21-14-20(25)12-13-22(21)26)19-15-27(16-19)23(17-8-4-2-5-9-17)18-10-6-3-7-11-18/h2-14,23H,15-16H2,1H3. The maximum atomic E-state index is 12.7. The summed E-state index contributed by atoms with van der Waals surface area (Å²) in [6.45, 7) is 1.08. The molecule has 0 N–H and O–H groups in total. The number of benzene rings is 3. The molecule has 0 saturated carbocycles. The molecule has 1 aliphatic heterocycles. The molecule has 30 heavy (non-hydrogen) atoms. The van der Waals surface area contributed by atoms with Crippen LogP contribution in [0.1, 0.15) is 22.7 Å². The molecule has 6 heteroatoms. The molecule has 1 aliphatic rings. The first-order valence-electron chi connectivity index (χ1n) is 9.56. The molecule has 0 amide bonds. The lowest BCUT2D eigenvalue weighted by Gasteiger charge is -2.42. The van der Waals surface area contributed by atoms with Gasteiger partial charge in [-0.15, -0.1) is 0 Å². The average Bonchev–Trinajstić information content (AvgIpc) is 2.69. The van der Waals surface area contributed by atoms with E-state index >= 15 is 0 Å². The van der Waals surface area contributed by atoms with Crippen LogP contribution in [0, 0.1) is 0 Å².